The van der Waals surface area contributed by atoms with E-state index in [1.54, 1.807) is 0 Å². The number of allylic oxidation sites excluding steroid dienone is 2. The Kier molecular flexibility index (Phi) is 5.20. The van der Waals surface area contributed by atoms with Gasteiger partial charge in [0.1, 0.15) is 5.78 Å². The molecule has 2 N–H and O–H groups in total. The first-order chi connectivity index (χ1) is 15.7. The topological polar surface area (TPSA) is 74.6 Å². The van der Waals surface area contributed by atoms with Gasteiger partial charge in [0.25, 0.3) is 0 Å². The van der Waals surface area contributed by atoms with Crippen molar-refractivity contribution in [2.24, 2.45) is 50.2 Å². The number of carboxylic acid groups (broad SMARTS) is 1. The second kappa shape index (κ2) is 7.20. The maximum atomic E-state index is 12.9. The lowest BCUT2D eigenvalue weighted by atomic mass is 9.33. The van der Waals surface area contributed by atoms with E-state index in [0.29, 0.717) is 24.0 Å². The first-order valence-corrected chi connectivity index (χ1v) is 13.8. The fraction of sp³-hybridized carbons (Fsp3) is 0.867. The Labute approximate surface area is 206 Å². The third-order valence-electron chi connectivity index (χ3n) is 13.1. The number of aliphatic carboxylic acids is 1. The van der Waals surface area contributed by atoms with Gasteiger partial charge < -0.3 is 10.2 Å². The molecule has 0 aromatic rings. The summed E-state index contributed by atoms with van der Waals surface area (Å²) in [5.41, 5.74) is 0.599. The van der Waals surface area contributed by atoms with Gasteiger partial charge in [0.05, 0.1) is 5.41 Å². The molecule has 5 rings (SSSR count). The van der Waals surface area contributed by atoms with Gasteiger partial charge in [-0.2, -0.15) is 0 Å². The fourth-order valence-electron chi connectivity index (χ4n) is 10.3. The van der Waals surface area contributed by atoms with Crippen LogP contribution in [-0.2, 0) is 9.59 Å². The lowest BCUT2D eigenvalue weighted by Crippen LogP contribution is -2.65. The van der Waals surface area contributed by atoms with Gasteiger partial charge in [-0.15, -0.1) is 0 Å². The molecular weight excluding hydrogens is 424 g/mol. The van der Waals surface area contributed by atoms with Gasteiger partial charge in [-0.25, -0.2) is 0 Å². The van der Waals surface area contributed by atoms with Crippen LogP contribution in [0.15, 0.2) is 11.6 Å². The molecule has 5 aliphatic carbocycles. The summed E-state index contributed by atoms with van der Waals surface area (Å²) in [7, 11) is 0. The summed E-state index contributed by atoms with van der Waals surface area (Å²) in [5, 5.41) is 21.1. The maximum absolute atomic E-state index is 12.9. The van der Waals surface area contributed by atoms with Crippen LogP contribution in [0.3, 0.4) is 0 Å². The molecule has 190 valence electrons. The number of aliphatic hydroxyl groups excluding tert-OH is 1. The molecule has 4 nitrogen and oxygen atoms in total. The van der Waals surface area contributed by atoms with Crippen molar-refractivity contribution in [3.8, 4) is 0 Å². The van der Waals surface area contributed by atoms with Crippen molar-refractivity contribution in [1.29, 1.82) is 0 Å². The van der Waals surface area contributed by atoms with Crippen molar-refractivity contribution < 1.29 is 19.8 Å². The average molecular weight is 471 g/mol. The molecule has 0 bridgehead atoms. The average Bonchev–Trinajstić information content (AvgIpc) is 2.77. The normalized spacial score (nSPS) is 51.9. The van der Waals surface area contributed by atoms with E-state index >= 15 is 0 Å². The Morgan fingerprint density at radius 1 is 0.971 bits per heavy atom. The van der Waals surface area contributed by atoms with E-state index in [9.17, 15) is 19.8 Å². The summed E-state index contributed by atoms with van der Waals surface area (Å²) in [6, 6.07) is 0. The Morgan fingerprint density at radius 2 is 1.65 bits per heavy atom. The number of carbonyl (C=O) groups excluding carboxylic acids is 1. The van der Waals surface area contributed by atoms with Crippen molar-refractivity contribution in [2.75, 3.05) is 6.61 Å². The number of carboxylic acids is 1. The summed E-state index contributed by atoms with van der Waals surface area (Å²) in [4.78, 5) is 25.2. The molecule has 0 spiro atoms. The van der Waals surface area contributed by atoms with Crippen molar-refractivity contribution in [3.05, 3.63) is 11.6 Å². The number of rotatable bonds is 2. The van der Waals surface area contributed by atoms with Crippen LogP contribution in [0.5, 0.6) is 0 Å². The minimum atomic E-state index is -0.642. The zero-order chi connectivity index (χ0) is 24.9. The van der Waals surface area contributed by atoms with E-state index < -0.39 is 11.4 Å². The lowest BCUT2D eigenvalue weighted by molar-refractivity contribution is -0.201. The van der Waals surface area contributed by atoms with E-state index in [4.69, 9.17) is 0 Å². The van der Waals surface area contributed by atoms with Crippen molar-refractivity contribution >= 4 is 11.8 Å². The summed E-state index contributed by atoms with van der Waals surface area (Å²) < 4.78 is 0. The van der Waals surface area contributed by atoms with Crippen LogP contribution in [-0.4, -0.2) is 28.6 Å². The van der Waals surface area contributed by atoms with Gasteiger partial charge in [0.2, 0.25) is 0 Å². The van der Waals surface area contributed by atoms with E-state index in [0.717, 1.165) is 57.8 Å². The molecule has 4 saturated carbocycles. The fourth-order valence-corrected chi connectivity index (χ4v) is 10.3. The molecule has 0 aromatic carbocycles. The molecule has 0 radical (unpaired) electrons. The largest absolute Gasteiger partial charge is 0.481 e. The molecule has 4 fully saturated rings. The third kappa shape index (κ3) is 2.81. The first-order valence-electron chi connectivity index (χ1n) is 13.8. The van der Waals surface area contributed by atoms with Gasteiger partial charge in [-0.05, 0) is 98.7 Å². The van der Waals surface area contributed by atoms with Gasteiger partial charge >= 0.3 is 5.97 Å². The molecule has 0 saturated heterocycles. The molecular formula is C30H46O4. The number of aliphatic hydroxyl groups is 1. The molecule has 0 unspecified atom stereocenters. The smallest absolute Gasteiger partial charge is 0.309 e. The Hall–Kier alpha value is -1.16. The third-order valence-corrected chi connectivity index (χ3v) is 13.1. The highest BCUT2D eigenvalue weighted by Gasteiger charge is 2.69. The molecule has 5 aliphatic rings. The summed E-state index contributed by atoms with van der Waals surface area (Å²) >= 11 is 0. The summed E-state index contributed by atoms with van der Waals surface area (Å²) in [5.74, 6) is 0.652. The Balaban J connectivity index is 1.60. The van der Waals surface area contributed by atoms with E-state index in [2.05, 4.69) is 40.7 Å². The molecule has 0 aromatic heterocycles. The molecule has 0 aliphatic heterocycles. The number of carbonyl (C=O) groups is 2. The molecule has 34 heavy (non-hydrogen) atoms. The van der Waals surface area contributed by atoms with Gasteiger partial charge in [-0.3, -0.25) is 9.59 Å². The summed E-state index contributed by atoms with van der Waals surface area (Å²) in [6.45, 7) is 13.8. The van der Waals surface area contributed by atoms with Crippen LogP contribution >= 0.6 is 0 Å². The van der Waals surface area contributed by atoms with Gasteiger partial charge in [-0.1, -0.05) is 46.3 Å². The lowest BCUT2D eigenvalue weighted by Gasteiger charge is -2.71. The SMILES string of the molecule is CC1(C)C(=O)CC[C@]2(CO)[C@H]3CC=C4[C@@H]5C[C@@](C)(C(=O)O)CC[C@]5(C)CC[C@@]4(C)[C@]3(C)CC[C@@H]12. The first kappa shape index (κ1) is 24.5. The van der Waals surface area contributed by atoms with Crippen LogP contribution in [0.2, 0.25) is 0 Å². The standard InChI is InChI=1S/C30H46O4/c1-25(2)21-9-11-29(6)22(30(21,18-31)12-10-23(25)32)8-7-19-20-17-27(4,24(33)34)14-13-26(20,3)15-16-28(19,29)5/h7,20-22,31H,8-18H2,1-6H3,(H,33,34)/t20-,21-,22-,26+,27-,28+,29+,30+/m0/s1. The predicted octanol–water partition coefficient (Wildman–Crippen LogP) is 6.41. The van der Waals surface area contributed by atoms with Crippen molar-refractivity contribution in [3.63, 3.8) is 0 Å². The number of Topliss-reactive ketones (excluding diaryl/α,β-unsaturated/α-hetero) is 1. The van der Waals surface area contributed by atoms with Gasteiger partial charge in [0, 0.05) is 23.9 Å². The molecule has 0 heterocycles. The minimum Gasteiger partial charge on any atom is -0.481 e. The van der Waals surface area contributed by atoms with Crippen LogP contribution in [0, 0.1) is 50.2 Å². The molecule has 0 amide bonds. The second-order valence-electron chi connectivity index (χ2n) is 14.6. The number of hydrogen-bond donors (Lipinski definition) is 2. The quantitative estimate of drug-likeness (QED) is 0.457. The van der Waals surface area contributed by atoms with Crippen molar-refractivity contribution in [1.82, 2.24) is 0 Å². The van der Waals surface area contributed by atoms with Crippen LogP contribution in [0.4, 0.5) is 0 Å². The maximum Gasteiger partial charge on any atom is 0.309 e. The molecule has 8 atom stereocenters. The highest BCUT2D eigenvalue weighted by atomic mass is 16.4. The van der Waals surface area contributed by atoms with Gasteiger partial charge in [0.15, 0.2) is 0 Å². The zero-order valence-corrected chi connectivity index (χ0v) is 22.3. The number of hydrogen-bond acceptors (Lipinski definition) is 3. The number of ketones is 1. The minimum absolute atomic E-state index is 0.0234. The van der Waals surface area contributed by atoms with Crippen LogP contribution < -0.4 is 0 Å². The van der Waals surface area contributed by atoms with E-state index in [-0.39, 0.29) is 39.6 Å². The highest BCUT2D eigenvalue weighted by molar-refractivity contribution is 5.85. The summed E-state index contributed by atoms with van der Waals surface area (Å²) in [6.07, 6.45) is 11.8. The van der Waals surface area contributed by atoms with E-state index in [1.807, 2.05) is 6.92 Å². The molecule has 4 heteroatoms. The zero-order valence-electron chi connectivity index (χ0n) is 22.3. The second-order valence-corrected chi connectivity index (χ2v) is 14.6. The highest BCUT2D eigenvalue weighted by Crippen LogP contribution is 2.75. The van der Waals surface area contributed by atoms with E-state index in [1.165, 1.54) is 5.57 Å². The monoisotopic (exact) mass is 470 g/mol. The Bertz CT molecular complexity index is 949. The van der Waals surface area contributed by atoms with Crippen LogP contribution in [0.1, 0.15) is 106 Å². The number of fused-ring (bicyclic) bond motifs is 7. The van der Waals surface area contributed by atoms with Crippen LogP contribution in [0.25, 0.3) is 0 Å². The predicted molar refractivity (Wildman–Crippen MR) is 133 cm³/mol. The Morgan fingerprint density at radius 3 is 2.29 bits per heavy atom. The van der Waals surface area contributed by atoms with Crippen molar-refractivity contribution in [2.45, 2.75) is 106 Å².